The molecular formula is C12H18N2O4. The monoisotopic (exact) mass is 254 g/mol. The summed E-state index contributed by atoms with van der Waals surface area (Å²) in [6.07, 6.45) is 0. The SMILES string of the molecule is CCN(OC)C(=O)c1cc(OC)c(OC)cc1N. The molecule has 0 saturated carbocycles. The minimum Gasteiger partial charge on any atom is -0.493 e. The highest BCUT2D eigenvalue weighted by Crippen LogP contribution is 2.32. The molecule has 1 aromatic carbocycles. The zero-order valence-electron chi connectivity index (χ0n) is 11.0. The zero-order chi connectivity index (χ0) is 13.7. The van der Waals surface area contributed by atoms with Gasteiger partial charge in [-0.15, -0.1) is 0 Å². The topological polar surface area (TPSA) is 74.0 Å². The summed E-state index contributed by atoms with van der Waals surface area (Å²) in [5.74, 6) is 0.604. The molecule has 0 aliphatic rings. The molecule has 0 radical (unpaired) electrons. The van der Waals surface area contributed by atoms with Crippen molar-refractivity contribution in [3.05, 3.63) is 17.7 Å². The number of rotatable bonds is 5. The van der Waals surface area contributed by atoms with Crippen LogP contribution < -0.4 is 15.2 Å². The van der Waals surface area contributed by atoms with E-state index < -0.39 is 0 Å². The van der Waals surface area contributed by atoms with Crippen LogP contribution in [0.4, 0.5) is 5.69 Å². The van der Waals surface area contributed by atoms with E-state index in [1.807, 2.05) is 0 Å². The summed E-state index contributed by atoms with van der Waals surface area (Å²) in [6.45, 7) is 2.22. The molecule has 1 aromatic rings. The molecule has 18 heavy (non-hydrogen) atoms. The van der Waals surface area contributed by atoms with Crippen LogP contribution in [0.15, 0.2) is 12.1 Å². The standard InChI is InChI=1S/C12H18N2O4/c1-5-14(18-4)12(15)8-6-10(16-2)11(17-3)7-9(8)13/h6-7H,5,13H2,1-4H3. The van der Waals surface area contributed by atoms with Gasteiger partial charge < -0.3 is 15.2 Å². The van der Waals surface area contributed by atoms with Gasteiger partial charge in [0, 0.05) is 18.3 Å². The second-order valence-corrected chi connectivity index (χ2v) is 3.48. The number of methoxy groups -OCH3 is 2. The van der Waals surface area contributed by atoms with Crippen molar-refractivity contribution >= 4 is 11.6 Å². The largest absolute Gasteiger partial charge is 0.493 e. The Morgan fingerprint density at radius 2 is 1.78 bits per heavy atom. The summed E-state index contributed by atoms with van der Waals surface area (Å²) in [5.41, 5.74) is 6.46. The highest BCUT2D eigenvalue weighted by molar-refractivity contribution is 5.99. The van der Waals surface area contributed by atoms with Gasteiger partial charge in [-0.2, -0.15) is 0 Å². The van der Waals surface area contributed by atoms with Gasteiger partial charge in [-0.1, -0.05) is 0 Å². The Kier molecular flexibility index (Phi) is 4.79. The van der Waals surface area contributed by atoms with E-state index in [0.717, 1.165) is 0 Å². The van der Waals surface area contributed by atoms with Gasteiger partial charge in [0.25, 0.3) is 5.91 Å². The number of amides is 1. The summed E-state index contributed by atoms with van der Waals surface area (Å²) in [5, 5.41) is 1.21. The second kappa shape index (κ2) is 6.11. The Labute approximate surface area is 106 Å². The van der Waals surface area contributed by atoms with Crippen molar-refractivity contribution < 1.29 is 19.1 Å². The summed E-state index contributed by atoms with van der Waals surface area (Å²) in [7, 11) is 4.43. The first kappa shape index (κ1) is 14.1. The van der Waals surface area contributed by atoms with Gasteiger partial charge in [0.1, 0.15) is 0 Å². The lowest BCUT2D eigenvalue weighted by atomic mass is 10.1. The third kappa shape index (κ3) is 2.65. The molecule has 0 aromatic heterocycles. The molecule has 1 amide bonds. The number of hydrogen-bond acceptors (Lipinski definition) is 5. The molecular weight excluding hydrogens is 236 g/mol. The molecule has 0 aliphatic carbocycles. The predicted octanol–water partition coefficient (Wildman–Crippen LogP) is 1.31. The molecule has 2 N–H and O–H groups in total. The van der Waals surface area contributed by atoms with E-state index >= 15 is 0 Å². The van der Waals surface area contributed by atoms with Gasteiger partial charge in [0.15, 0.2) is 11.5 Å². The summed E-state index contributed by atoms with van der Waals surface area (Å²) in [4.78, 5) is 17.1. The van der Waals surface area contributed by atoms with Crippen molar-refractivity contribution in [2.75, 3.05) is 33.6 Å². The number of hydrogen-bond donors (Lipinski definition) is 1. The van der Waals surface area contributed by atoms with E-state index in [4.69, 9.17) is 20.0 Å². The Bertz CT molecular complexity index is 430. The first-order valence-corrected chi connectivity index (χ1v) is 5.46. The lowest BCUT2D eigenvalue weighted by Gasteiger charge is -2.19. The van der Waals surface area contributed by atoms with E-state index in [1.54, 1.807) is 13.0 Å². The van der Waals surface area contributed by atoms with Crippen molar-refractivity contribution in [2.24, 2.45) is 0 Å². The number of hydroxylamine groups is 2. The van der Waals surface area contributed by atoms with E-state index in [-0.39, 0.29) is 5.91 Å². The van der Waals surface area contributed by atoms with Gasteiger partial charge >= 0.3 is 0 Å². The molecule has 0 unspecified atom stereocenters. The van der Waals surface area contributed by atoms with E-state index in [2.05, 4.69) is 0 Å². The Morgan fingerprint density at radius 3 is 2.22 bits per heavy atom. The predicted molar refractivity (Wildman–Crippen MR) is 67.7 cm³/mol. The fourth-order valence-corrected chi connectivity index (χ4v) is 1.57. The van der Waals surface area contributed by atoms with Gasteiger partial charge in [-0.25, -0.2) is 5.06 Å². The molecule has 0 saturated heterocycles. The molecule has 0 bridgehead atoms. The molecule has 0 heterocycles. The van der Waals surface area contributed by atoms with Crippen LogP contribution in [0.3, 0.4) is 0 Å². The number of nitrogen functional groups attached to an aromatic ring is 1. The van der Waals surface area contributed by atoms with E-state index in [1.165, 1.54) is 32.5 Å². The number of carbonyl (C=O) groups excluding carboxylic acids is 1. The van der Waals surface area contributed by atoms with Crippen LogP contribution in [0.2, 0.25) is 0 Å². The fraction of sp³-hybridized carbons (Fsp3) is 0.417. The number of ether oxygens (including phenoxy) is 2. The summed E-state index contributed by atoms with van der Waals surface area (Å²) in [6, 6.07) is 3.09. The molecule has 100 valence electrons. The molecule has 6 heteroatoms. The lowest BCUT2D eigenvalue weighted by Crippen LogP contribution is -2.30. The van der Waals surface area contributed by atoms with Crippen molar-refractivity contribution in [1.29, 1.82) is 0 Å². The molecule has 0 spiro atoms. The fourth-order valence-electron chi connectivity index (χ4n) is 1.57. The molecule has 6 nitrogen and oxygen atoms in total. The maximum absolute atomic E-state index is 12.1. The van der Waals surface area contributed by atoms with Crippen LogP contribution in [-0.4, -0.2) is 38.8 Å². The van der Waals surface area contributed by atoms with Crippen molar-refractivity contribution in [1.82, 2.24) is 5.06 Å². The van der Waals surface area contributed by atoms with Gasteiger partial charge in [-0.3, -0.25) is 9.63 Å². The quantitative estimate of drug-likeness (QED) is 0.633. The second-order valence-electron chi connectivity index (χ2n) is 3.48. The summed E-state index contributed by atoms with van der Waals surface area (Å²) < 4.78 is 10.2. The van der Waals surface area contributed by atoms with Crippen LogP contribution in [0, 0.1) is 0 Å². The van der Waals surface area contributed by atoms with Crippen LogP contribution in [0.1, 0.15) is 17.3 Å². The van der Waals surface area contributed by atoms with Gasteiger partial charge in [0.2, 0.25) is 0 Å². The first-order chi connectivity index (χ1) is 8.58. The van der Waals surface area contributed by atoms with Crippen molar-refractivity contribution in [2.45, 2.75) is 6.92 Å². The number of nitrogens with zero attached hydrogens (tertiary/aromatic N) is 1. The molecule has 0 fully saturated rings. The Morgan fingerprint density at radius 1 is 1.22 bits per heavy atom. The maximum Gasteiger partial charge on any atom is 0.279 e. The smallest absolute Gasteiger partial charge is 0.279 e. The molecule has 1 rings (SSSR count). The number of nitrogens with two attached hydrogens (primary N) is 1. The number of carbonyl (C=O) groups is 1. The van der Waals surface area contributed by atoms with Crippen LogP contribution in [0.5, 0.6) is 11.5 Å². The van der Waals surface area contributed by atoms with E-state index in [0.29, 0.717) is 29.3 Å². The van der Waals surface area contributed by atoms with E-state index in [9.17, 15) is 4.79 Å². The minimum atomic E-state index is -0.321. The lowest BCUT2D eigenvalue weighted by molar-refractivity contribution is -0.0914. The van der Waals surface area contributed by atoms with Crippen molar-refractivity contribution in [3.8, 4) is 11.5 Å². The maximum atomic E-state index is 12.1. The Hall–Kier alpha value is -1.95. The average Bonchev–Trinajstić information content (AvgIpc) is 2.39. The normalized spacial score (nSPS) is 10.0. The van der Waals surface area contributed by atoms with Crippen LogP contribution in [-0.2, 0) is 4.84 Å². The van der Waals surface area contributed by atoms with Crippen LogP contribution >= 0.6 is 0 Å². The summed E-state index contributed by atoms with van der Waals surface area (Å²) >= 11 is 0. The highest BCUT2D eigenvalue weighted by Gasteiger charge is 2.19. The molecule has 0 atom stereocenters. The van der Waals surface area contributed by atoms with Gasteiger partial charge in [-0.05, 0) is 13.0 Å². The minimum absolute atomic E-state index is 0.313. The van der Waals surface area contributed by atoms with Gasteiger partial charge in [0.05, 0.1) is 26.9 Å². The number of anilines is 1. The third-order valence-electron chi connectivity index (χ3n) is 2.52. The Balaban J connectivity index is 3.20. The first-order valence-electron chi connectivity index (χ1n) is 5.46. The average molecular weight is 254 g/mol. The molecule has 0 aliphatic heterocycles. The van der Waals surface area contributed by atoms with Crippen LogP contribution in [0.25, 0.3) is 0 Å². The third-order valence-corrected chi connectivity index (χ3v) is 2.52. The van der Waals surface area contributed by atoms with Crippen molar-refractivity contribution in [3.63, 3.8) is 0 Å². The highest BCUT2D eigenvalue weighted by atomic mass is 16.7. The zero-order valence-corrected chi connectivity index (χ0v) is 11.0. The number of benzene rings is 1.